The van der Waals surface area contributed by atoms with Gasteiger partial charge >= 0.3 is 0 Å². The lowest BCUT2D eigenvalue weighted by Crippen LogP contribution is -2.19. The fraction of sp³-hybridized carbons (Fsp3) is 0.500. The lowest BCUT2D eigenvalue weighted by molar-refractivity contribution is 0.0986. The van der Waals surface area contributed by atoms with Crippen molar-refractivity contribution >= 4 is 15.9 Å². The highest BCUT2D eigenvalue weighted by Crippen LogP contribution is 2.34. The van der Waals surface area contributed by atoms with Crippen LogP contribution in [0.4, 0.5) is 0 Å². The lowest BCUT2D eigenvalue weighted by atomic mass is 9.93. The van der Waals surface area contributed by atoms with E-state index >= 15 is 0 Å². The van der Waals surface area contributed by atoms with Crippen molar-refractivity contribution in [2.75, 3.05) is 6.61 Å². The average molecular weight is 255 g/mol. The summed E-state index contributed by atoms with van der Waals surface area (Å²) in [6.45, 7) is 6.37. The fourth-order valence-electron chi connectivity index (χ4n) is 1.63. The summed E-state index contributed by atoms with van der Waals surface area (Å²) in [5.41, 5.74) is 2.41. The van der Waals surface area contributed by atoms with E-state index in [1.54, 1.807) is 0 Å². The Labute approximate surface area is 94.3 Å². The van der Waals surface area contributed by atoms with Crippen LogP contribution in [0.5, 0.6) is 0 Å². The first kappa shape index (κ1) is 11.6. The maximum Gasteiger partial charge on any atom is 0.108 e. The molecule has 0 spiro atoms. The summed E-state index contributed by atoms with van der Waals surface area (Å²) in [5, 5.41) is 0. The van der Waals surface area contributed by atoms with Gasteiger partial charge in [0, 0.05) is 4.48 Å². The van der Waals surface area contributed by atoms with E-state index in [2.05, 4.69) is 28.4 Å². The summed E-state index contributed by atoms with van der Waals surface area (Å²) in [6.07, 6.45) is 8.57. The minimum Gasteiger partial charge on any atom is -0.360 e. The van der Waals surface area contributed by atoms with Crippen LogP contribution in [0.15, 0.2) is 22.2 Å². The molecule has 1 rings (SSSR count). The summed E-state index contributed by atoms with van der Waals surface area (Å²) in [6, 6.07) is 0. The molecule has 1 nitrogen and oxygen atoms in total. The van der Waals surface area contributed by atoms with Gasteiger partial charge in [-0.15, -0.1) is 6.42 Å². The highest BCUT2D eigenvalue weighted by atomic mass is 79.9. The van der Waals surface area contributed by atoms with Gasteiger partial charge in [0.1, 0.15) is 6.61 Å². The number of hydrogen-bond donors (Lipinski definition) is 0. The zero-order valence-electron chi connectivity index (χ0n) is 8.48. The quantitative estimate of drug-likeness (QED) is 0.702. The van der Waals surface area contributed by atoms with Crippen LogP contribution in [0.2, 0.25) is 0 Å². The molecule has 0 aromatic rings. The summed E-state index contributed by atoms with van der Waals surface area (Å²) in [7, 11) is 0. The number of ether oxygens (including phenoxy) is 1. The highest BCUT2D eigenvalue weighted by molar-refractivity contribution is 9.11. The number of allylic oxidation sites excluding steroid dienone is 2. The molecule has 2 heteroatoms. The number of rotatable bonds is 3. The molecule has 76 valence electrons. The Morgan fingerprint density at radius 1 is 1.79 bits per heavy atom. The fourth-order valence-corrected chi connectivity index (χ4v) is 2.52. The first-order valence-electron chi connectivity index (χ1n) is 4.76. The third-order valence-electron chi connectivity index (χ3n) is 2.35. The van der Waals surface area contributed by atoms with E-state index in [9.17, 15) is 0 Å². The van der Waals surface area contributed by atoms with E-state index in [0.717, 1.165) is 29.3 Å². The first-order chi connectivity index (χ1) is 6.66. The van der Waals surface area contributed by atoms with Crippen molar-refractivity contribution in [2.24, 2.45) is 0 Å². The smallest absolute Gasteiger partial charge is 0.108 e. The van der Waals surface area contributed by atoms with Gasteiger partial charge in [0.05, 0.1) is 6.10 Å². The van der Waals surface area contributed by atoms with Crippen LogP contribution in [0.1, 0.15) is 26.2 Å². The summed E-state index contributed by atoms with van der Waals surface area (Å²) in [5.74, 6) is 2.49. The van der Waals surface area contributed by atoms with Gasteiger partial charge in [0.2, 0.25) is 0 Å². The van der Waals surface area contributed by atoms with Gasteiger partial charge in [-0.3, -0.25) is 0 Å². The molecule has 0 saturated heterocycles. The van der Waals surface area contributed by atoms with Crippen molar-refractivity contribution in [1.29, 1.82) is 0 Å². The van der Waals surface area contributed by atoms with Crippen molar-refractivity contribution in [1.82, 2.24) is 0 Å². The molecule has 0 aliphatic heterocycles. The van der Waals surface area contributed by atoms with Gasteiger partial charge in [-0.05, 0) is 31.8 Å². The molecule has 0 fully saturated rings. The number of hydrogen-bond acceptors (Lipinski definition) is 1. The van der Waals surface area contributed by atoms with Gasteiger partial charge < -0.3 is 4.74 Å². The SMILES string of the molecule is C#CCOC1CCCC(C(=C)C)=C1Br. The van der Waals surface area contributed by atoms with Crippen LogP contribution in [-0.2, 0) is 4.74 Å². The average Bonchev–Trinajstić information content (AvgIpc) is 2.16. The Bertz CT molecular complexity index is 296. The van der Waals surface area contributed by atoms with E-state index in [4.69, 9.17) is 11.2 Å². The monoisotopic (exact) mass is 254 g/mol. The normalized spacial score (nSPS) is 21.9. The standard InChI is InChI=1S/C12H15BrO/c1-4-8-14-11-7-5-6-10(9(2)3)12(11)13/h1,11H,2,5-8H2,3H3. The first-order valence-corrected chi connectivity index (χ1v) is 5.55. The predicted octanol–water partition coefficient (Wildman–Crippen LogP) is 3.41. The topological polar surface area (TPSA) is 9.23 Å². The molecular formula is C12H15BrO. The van der Waals surface area contributed by atoms with Gasteiger partial charge in [-0.25, -0.2) is 0 Å². The van der Waals surface area contributed by atoms with E-state index in [1.165, 1.54) is 5.57 Å². The second kappa shape index (κ2) is 5.38. The molecule has 1 unspecified atom stereocenters. The zero-order valence-corrected chi connectivity index (χ0v) is 10.1. The third-order valence-corrected chi connectivity index (χ3v) is 3.34. The van der Waals surface area contributed by atoms with E-state index in [1.807, 2.05) is 6.92 Å². The largest absolute Gasteiger partial charge is 0.360 e. The van der Waals surface area contributed by atoms with Crippen LogP contribution in [-0.4, -0.2) is 12.7 Å². The van der Waals surface area contributed by atoms with E-state index in [-0.39, 0.29) is 6.10 Å². The Morgan fingerprint density at radius 3 is 3.07 bits per heavy atom. The molecule has 14 heavy (non-hydrogen) atoms. The second-order valence-electron chi connectivity index (χ2n) is 3.50. The Morgan fingerprint density at radius 2 is 2.50 bits per heavy atom. The van der Waals surface area contributed by atoms with Crippen LogP contribution >= 0.6 is 15.9 Å². The molecule has 0 bridgehead atoms. The molecule has 0 aromatic carbocycles. The van der Waals surface area contributed by atoms with Crippen molar-refractivity contribution < 1.29 is 4.74 Å². The molecule has 1 aliphatic carbocycles. The molecule has 0 radical (unpaired) electrons. The predicted molar refractivity (Wildman–Crippen MR) is 63.2 cm³/mol. The van der Waals surface area contributed by atoms with Crippen molar-refractivity contribution in [3.63, 3.8) is 0 Å². The molecule has 0 saturated carbocycles. The molecule has 1 atom stereocenters. The van der Waals surface area contributed by atoms with E-state index < -0.39 is 0 Å². The summed E-state index contributed by atoms with van der Waals surface area (Å²) < 4.78 is 6.67. The summed E-state index contributed by atoms with van der Waals surface area (Å²) >= 11 is 3.58. The minimum atomic E-state index is 0.131. The van der Waals surface area contributed by atoms with Crippen LogP contribution in [0.3, 0.4) is 0 Å². The second-order valence-corrected chi connectivity index (χ2v) is 4.36. The lowest BCUT2D eigenvalue weighted by Gasteiger charge is -2.25. The Balaban J connectivity index is 2.74. The molecule has 0 heterocycles. The molecule has 0 N–H and O–H groups in total. The maximum absolute atomic E-state index is 5.54. The van der Waals surface area contributed by atoms with Gasteiger partial charge in [-0.2, -0.15) is 0 Å². The number of halogens is 1. The van der Waals surface area contributed by atoms with Gasteiger partial charge in [0.25, 0.3) is 0 Å². The zero-order chi connectivity index (χ0) is 10.6. The van der Waals surface area contributed by atoms with E-state index in [0.29, 0.717) is 6.61 Å². The van der Waals surface area contributed by atoms with Gasteiger partial charge in [0.15, 0.2) is 0 Å². The van der Waals surface area contributed by atoms with Crippen LogP contribution in [0, 0.1) is 12.3 Å². The highest BCUT2D eigenvalue weighted by Gasteiger charge is 2.21. The maximum atomic E-state index is 5.54. The molecule has 1 aliphatic rings. The third kappa shape index (κ3) is 2.73. The minimum absolute atomic E-state index is 0.131. The van der Waals surface area contributed by atoms with Gasteiger partial charge in [-0.1, -0.05) is 34.0 Å². The molecule has 0 amide bonds. The van der Waals surface area contributed by atoms with Crippen molar-refractivity contribution in [3.05, 3.63) is 22.2 Å². The molecular weight excluding hydrogens is 240 g/mol. The van der Waals surface area contributed by atoms with Crippen molar-refractivity contribution in [2.45, 2.75) is 32.3 Å². The van der Waals surface area contributed by atoms with Crippen LogP contribution < -0.4 is 0 Å². The molecule has 0 aromatic heterocycles. The summed E-state index contributed by atoms with van der Waals surface area (Å²) in [4.78, 5) is 0. The Hall–Kier alpha value is -0.520. The Kier molecular flexibility index (Phi) is 4.44. The van der Waals surface area contributed by atoms with Crippen molar-refractivity contribution in [3.8, 4) is 12.3 Å². The van der Waals surface area contributed by atoms with Crippen LogP contribution in [0.25, 0.3) is 0 Å². The number of terminal acetylenes is 1.